The third-order valence-corrected chi connectivity index (χ3v) is 1.19. The molecule has 0 fully saturated rings. The van der Waals surface area contributed by atoms with Gasteiger partial charge in [0.1, 0.15) is 5.82 Å². The van der Waals surface area contributed by atoms with E-state index in [1.165, 1.54) is 12.4 Å². The summed E-state index contributed by atoms with van der Waals surface area (Å²) in [7, 11) is 0. The van der Waals surface area contributed by atoms with Crippen molar-refractivity contribution in [2.75, 3.05) is 0 Å². The number of nitrogens with zero attached hydrogens (tertiary/aromatic N) is 1. The second-order valence-corrected chi connectivity index (χ2v) is 2.04. The molecular weight excluding hydrogens is 149 g/mol. The quantitative estimate of drug-likeness (QED) is 0.688. The molecule has 0 bridgehead atoms. The van der Waals surface area contributed by atoms with Crippen LogP contribution in [0.3, 0.4) is 0 Å². The van der Waals surface area contributed by atoms with Crippen LogP contribution in [0, 0.1) is 5.82 Å². The van der Waals surface area contributed by atoms with Crippen molar-refractivity contribution in [1.82, 2.24) is 4.98 Å². The number of halogens is 1. The summed E-state index contributed by atoms with van der Waals surface area (Å²) in [5.74, 6) is -1.58. The van der Waals surface area contributed by atoms with Gasteiger partial charge in [-0.3, -0.25) is 9.78 Å². The van der Waals surface area contributed by atoms with Crippen molar-refractivity contribution in [2.45, 2.75) is 6.42 Å². The molecule has 0 saturated heterocycles. The molecule has 0 aliphatic rings. The van der Waals surface area contributed by atoms with Gasteiger partial charge in [-0.2, -0.15) is 0 Å². The highest BCUT2D eigenvalue weighted by Gasteiger charge is 2.04. The Hall–Kier alpha value is -1.45. The molecule has 1 N–H and O–H groups in total. The lowest BCUT2D eigenvalue weighted by molar-refractivity contribution is -0.136. The fourth-order valence-electron chi connectivity index (χ4n) is 0.703. The molecule has 1 aromatic rings. The Balaban J connectivity index is 2.86. The van der Waals surface area contributed by atoms with Crippen LogP contribution in [0.15, 0.2) is 18.5 Å². The fraction of sp³-hybridized carbons (Fsp3) is 0.143. The first-order valence-electron chi connectivity index (χ1n) is 3.00. The predicted molar refractivity (Wildman–Crippen MR) is 35.5 cm³/mol. The number of carboxylic acids is 1. The lowest BCUT2D eigenvalue weighted by Crippen LogP contribution is -2.02. The van der Waals surface area contributed by atoms with E-state index in [0.717, 1.165) is 6.07 Å². The molecule has 1 aromatic heterocycles. The Kier molecular flexibility index (Phi) is 2.15. The SMILES string of the molecule is O=C(O)Cc1cnccc1F. The van der Waals surface area contributed by atoms with Gasteiger partial charge in [0.15, 0.2) is 0 Å². The highest BCUT2D eigenvalue weighted by Crippen LogP contribution is 2.04. The summed E-state index contributed by atoms with van der Waals surface area (Å²) in [4.78, 5) is 13.7. The van der Waals surface area contributed by atoms with E-state index in [9.17, 15) is 9.18 Å². The Morgan fingerprint density at radius 2 is 2.45 bits per heavy atom. The zero-order valence-corrected chi connectivity index (χ0v) is 5.62. The smallest absolute Gasteiger partial charge is 0.307 e. The Bertz CT molecular complexity index is 275. The van der Waals surface area contributed by atoms with Gasteiger partial charge in [0.2, 0.25) is 0 Å². The number of pyridine rings is 1. The summed E-state index contributed by atoms with van der Waals surface area (Å²) < 4.78 is 12.6. The van der Waals surface area contributed by atoms with E-state index >= 15 is 0 Å². The van der Waals surface area contributed by atoms with Gasteiger partial charge in [-0.1, -0.05) is 0 Å². The molecule has 58 valence electrons. The van der Waals surface area contributed by atoms with Crippen LogP contribution in [0.5, 0.6) is 0 Å². The summed E-state index contributed by atoms with van der Waals surface area (Å²) in [6.45, 7) is 0. The second kappa shape index (κ2) is 3.09. The number of carboxylic acid groups (broad SMARTS) is 1. The molecule has 0 amide bonds. The minimum absolute atomic E-state index is 0.111. The molecule has 3 nitrogen and oxygen atoms in total. The average Bonchev–Trinajstić information content (AvgIpc) is 1.93. The normalized spacial score (nSPS) is 9.55. The van der Waals surface area contributed by atoms with E-state index in [2.05, 4.69) is 4.98 Å². The van der Waals surface area contributed by atoms with Gasteiger partial charge >= 0.3 is 5.97 Å². The first kappa shape index (κ1) is 7.65. The maximum atomic E-state index is 12.6. The number of rotatable bonds is 2. The molecule has 0 aliphatic carbocycles. The van der Waals surface area contributed by atoms with Crippen molar-refractivity contribution in [3.8, 4) is 0 Å². The van der Waals surface area contributed by atoms with Gasteiger partial charge in [-0.05, 0) is 6.07 Å². The standard InChI is InChI=1S/C7H6FNO2/c8-6-1-2-9-4-5(6)3-7(10)11/h1-2,4H,3H2,(H,10,11). The van der Waals surface area contributed by atoms with Crippen molar-refractivity contribution >= 4 is 5.97 Å². The van der Waals surface area contributed by atoms with Crippen molar-refractivity contribution < 1.29 is 14.3 Å². The molecule has 0 radical (unpaired) electrons. The molecule has 11 heavy (non-hydrogen) atoms. The van der Waals surface area contributed by atoms with E-state index < -0.39 is 11.8 Å². The molecule has 0 atom stereocenters. The van der Waals surface area contributed by atoms with E-state index in [1.807, 2.05) is 0 Å². The zero-order chi connectivity index (χ0) is 8.27. The Morgan fingerprint density at radius 1 is 1.73 bits per heavy atom. The van der Waals surface area contributed by atoms with Gasteiger partial charge in [0.05, 0.1) is 6.42 Å². The molecule has 1 rings (SSSR count). The van der Waals surface area contributed by atoms with Crippen LogP contribution in [-0.4, -0.2) is 16.1 Å². The molecule has 0 aromatic carbocycles. The van der Waals surface area contributed by atoms with Crippen LogP contribution in [0.25, 0.3) is 0 Å². The summed E-state index contributed by atoms with van der Waals surface area (Å²) in [6, 6.07) is 1.14. The van der Waals surface area contributed by atoms with Gasteiger partial charge in [0.25, 0.3) is 0 Å². The van der Waals surface area contributed by atoms with E-state index in [4.69, 9.17) is 5.11 Å². The number of aromatic nitrogens is 1. The molecule has 0 unspecified atom stereocenters. The van der Waals surface area contributed by atoms with E-state index in [1.54, 1.807) is 0 Å². The van der Waals surface area contributed by atoms with E-state index in [-0.39, 0.29) is 12.0 Å². The molecule has 0 spiro atoms. The monoisotopic (exact) mass is 155 g/mol. The maximum Gasteiger partial charge on any atom is 0.307 e. The largest absolute Gasteiger partial charge is 0.481 e. The van der Waals surface area contributed by atoms with Crippen LogP contribution in [0.2, 0.25) is 0 Å². The highest BCUT2D eigenvalue weighted by molar-refractivity contribution is 5.70. The number of carbonyl (C=O) groups is 1. The minimum atomic E-state index is -1.06. The molecule has 0 saturated carbocycles. The van der Waals surface area contributed by atoms with Gasteiger partial charge in [-0.25, -0.2) is 4.39 Å². The topological polar surface area (TPSA) is 50.2 Å². The van der Waals surface area contributed by atoms with Crippen LogP contribution < -0.4 is 0 Å². The highest BCUT2D eigenvalue weighted by atomic mass is 19.1. The predicted octanol–water partition coefficient (Wildman–Crippen LogP) is 0.848. The molecular formula is C7H6FNO2. The number of hydrogen-bond acceptors (Lipinski definition) is 2. The lowest BCUT2D eigenvalue weighted by Gasteiger charge is -1.95. The summed E-state index contributed by atoms with van der Waals surface area (Å²) in [6.07, 6.45) is 2.17. The number of hydrogen-bond donors (Lipinski definition) is 1. The van der Waals surface area contributed by atoms with Crippen molar-refractivity contribution in [3.05, 3.63) is 29.8 Å². The zero-order valence-electron chi connectivity index (χ0n) is 5.62. The third-order valence-electron chi connectivity index (χ3n) is 1.19. The van der Waals surface area contributed by atoms with Gasteiger partial charge in [-0.15, -0.1) is 0 Å². The number of aliphatic carboxylic acids is 1. The van der Waals surface area contributed by atoms with Gasteiger partial charge < -0.3 is 5.11 Å². The Morgan fingerprint density at radius 3 is 3.00 bits per heavy atom. The Labute approximate surface area is 62.5 Å². The molecule has 4 heteroatoms. The van der Waals surface area contributed by atoms with E-state index in [0.29, 0.717) is 0 Å². The summed E-state index contributed by atoms with van der Waals surface area (Å²) in [5.41, 5.74) is 0.111. The summed E-state index contributed by atoms with van der Waals surface area (Å²) in [5, 5.41) is 8.30. The van der Waals surface area contributed by atoms with Crippen LogP contribution >= 0.6 is 0 Å². The molecule has 1 heterocycles. The first-order chi connectivity index (χ1) is 5.20. The lowest BCUT2D eigenvalue weighted by atomic mass is 10.2. The van der Waals surface area contributed by atoms with Crippen LogP contribution in [0.1, 0.15) is 5.56 Å². The third kappa shape index (κ3) is 2.00. The minimum Gasteiger partial charge on any atom is -0.481 e. The second-order valence-electron chi connectivity index (χ2n) is 2.04. The van der Waals surface area contributed by atoms with Crippen LogP contribution in [-0.2, 0) is 11.2 Å². The van der Waals surface area contributed by atoms with Crippen molar-refractivity contribution in [1.29, 1.82) is 0 Å². The summed E-state index contributed by atoms with van der Waals surface area (Å²) >= 11 is 0. The van der Waals surface area contributed by atoms with Crippen LogP contribution in [0.4, 0.5) is 4.39 Å². The first-order valence-corrected chi connectivity index (χ1v) is 3.00. The molecule has 0 aliphatic heterocycles. The fourth-order valence-corrected chi connectivity index (χ4v) is 0.703. The van der Waals surface area contributed by atoms with Crippen molar-refractivity contribution in [2.24, 2.45) is 0 Å². The van der Waals surface area contributed by atoms with Crippen molar-refractivity contribution in [3.63, 3.8) is 0 Å². The van der Waals surface area contributed by atoms with Gasteiger partial charge in [0, 0.05) is 18.0 Å². The average molecular weight is 155 g/mol. The maximum absolute atomic E-state index is 12.6.